The molecule has 1 aromatic heterocycles. The molecule has 1 N–H and O–H groups in total. The fraction of sp³-hybridized carbons (Fsp3) is 0.484. The summed E-state index contributed by atoms with van der Waals surface area (Å²) >= 11 is 0. The largest absolute Gasteiger partial charge is 0.489 e. The highest BCUT2D eigenvalue weighted by Gasteiger charge is 2.31. The van der Waals surface area contributed by atoms with Crippen molar-refractivity contribution >= 4 is 31.7 Å². The standard InChI is InChI=1S/C31H37F3N3O3P/c1-18-4-12-24-23(14-18)25(16-28(36-24)31(2,33)34)35-21-8-10-22(11-9-21)37(3)29(38)20-7-13-26(40-30(32)41)27(15-20)39-17-19-5-6-19/h4,7,12-16,19,21-22,30H,5-6,8-11,17,41H2,1-3H3,(H,35,36). The molecule has 0 saturated heterocycles. The lowest BCUT2D eigenvalue weighted by molar-refractivity contribution is 0.0131. The summed E-state index contributed by atoms with van der Waals surface area (Å²) < 4.78 is 53.0. The molecule has 10 heteroatoms. The van der Waals surface area contributed by atoms with Gasteiger partial charge >= 0.3 is 0 Å². The Balaban J connectivity index is 1.25. The van der Waals surface area contributed by atoms with Crippen LogP contribution in [0.2, 0.25) is 0 Å². The quantitative estimate of drug-likeness (QED) is 0.250. The molecule has 2 aliphatic carbocycles. The minimum Gasteiger partial charge on any atom is -0.489 e. The van der Waals surface area contributed by atoms with Gasteiger partial charge in [0, 0.05) is 42.7 Å². The second kappa shape index (κ2) is 12.0. The zero-order chi connectivity index (χ0) is 29.3. The van der Waals surface area contributed by atoms with E-state index in [-0.39, 0.29) is 29.4 Å². The first-order valence-corrected chi connectivity index (χ1v) is 14.8. The molecule has 3 aromatic rings. The summed E-state index contributed by atoms with van der Waals surface area (Å²) in [5.41, 5.74) is 2.42. The van der Waals surface area contributed by atoms with E-state index in [1.165, 1.54) is 6.07 Å². The number of hydrogen-bond acceptors (Lipinski definition) is 5. The number of alkyl halides is 3. The average Bonchev–Trinajstić information content (AvgIpc) is 3.76. The zero-order valence-corrected chi connectivity index (χ0v) is 24.8. The van der Waals surface area contributed by atoms with Gasteiger partial charge in [0.15, 0.2) is 11.5 Å². The average molecular weight is 588 g/mol. The molecule has 2 saturated carbocycles. The lowest BCUT2D eigenvalue weighted by Crippen LogP contribution is -2.41. The summed E-state index contributed by atoms with van der Waals surface area (Å²) in [5, 5.41) is 4.32. The maximum Gasteiger partial charge on any atom is 0.287 e. The molecule has 220 valence electrons. The third kappa shape index (κ3) is 7.24. The Bertz CT molecular complexity index is 1400. The molecule has 5 rings (SSSR count). The van der Waals surface area contributed by atoms with E-state index in [0.717, 1.165) is 56.4 Å². The summed E-state index contributed by atoms with van der Waals surface area (Å²) in [4.78, 5) is 19.4. The molecule has 1 heterocycles. The highest BCUT2D eigenvalue weighted by molar-refractivity contribution is 7.16. The second-order valence-electron chi connectivity index (χ2n) is 11.4. The minimum atomic E-state index is -3.05. The van der Waals surface area contributed by atoms with E-state index in [9.17, 15) is 18.0 Å². The molecule has 1 amide bonds. The predicted octanol–water partition coefficient (Wildman–Crippen LogP) is 7.45. The summed E-state index contributed by atoms with van der Waals surface area (Å²) in [7, 11) is 3.74. The van der Waals surface area contributed by atoms with Gasteiger partial charge in [-0.25, -0.2) is 4.98 Å². The number of carbonyl (C=O) groups is 1. The van der Waals surface area contributed by atoms with Crippen LogP contribution in [-0.2, 0) is 5.92 Å². The van der Waals surface area contributed by atoms with Crippen LogP contribution < -0.4 is 14.8 Å². The Morgan fingerprint density at radius 3 is 2.49 bits per heavy atom. The van der Waals surface area contributed by atoms with Gasteiger partial charge in [0.2, 0.25) is 6.10 Å². The number of aromatic nitrogens is 1. The number of fused-ring (bicyclic) bond motifs is 1. The van der Waals surface area contributed by atoms with Gasteiger partial charge in [0.1, 0.15) is 5.69 Å². The van der Waals surface area contributed by atoms with E-state index < -0.39 is 12.0 Å². The number of rotatable bonds is 10. The van der Waals surface area contributed by atoms with Crippen molar-refractivity contribution in [1.29, 1.82) is 0 Å². The van der Waals surface area contributed by atoms with E-state index in [2.05, 4.69) is 10.3 Å². The van der Waals surface area contributed by atoms with E-state index in [1.807, 2.05) is 28.3 Å². The van der Waals surface area contributed by atoms with E-state index in [1.54, 1.807) is 36.2 Å². The van der Waals surface area contributed by atoms with E-state index >= 15 is 0 Å². The zero-order valence-electron chi connectivity index (χ0n) is 23.6. The van der Waals surface area contributed by atoms with Crippen molar-refractivity contribution in [2.24, 2.45) is 5.92 Å². The Morgan fingerprint density at radius 1 is 1.10 bits per heavy atom. The molecular formula is C31H37F3N3O3P. The SMILES string of the molecule is Cc1ccc2nc(C(C)(F)F)cc(NC3CCC(N(C)C(=O)c4ccc(OC(F)P)c(OCC5CC5)c4)CC3)c2c1. The van der Waals surface area contributed by atoms with Crippen LogP contribution in [0.5, 0.6) is 11.5 Å². The number of amides is 1. The molecule has 2 atom stereocenters. The van der Waals surface area contributed by atoms with E-state index in [0.29, 0.717) is 35.0 Å². The maximum absolute atomic E-state index is 14.2. The molecule has 2 aromatic carbocycles. The number of halogens is 3. The van der Waals surface area contributed by atoms with Gasteiger partial charge in [-0.05, 0) is 87.8 Å². The Hall–Kier alpha value is -3.06. The normalized spacial score (nSPS) is 20.0. The fourth-order valence-corrected chi connectivity index (χ4v) is 5.49. The number of nitrogens with zero attached hydrogens (tertiary/aromatic N) is 2. The Morgan fingerprint density at radius 2 is 1.83 bits per heavy atom. The first-order chi connectivity index (χ1) is 19.5. The van der Waals surface area contributed by atoms with E-state index in [4.69, 9.17) is 9.47 Å². The predicted molar refractivity (Wildman–Crippen MR) is 158 cm³/mol. The molecule has 0 radical (unpaired) electrons. The highest BCUT2D eigenvalue weighted by Crippen LogP contribution is 2.36. The van der Waals surface area contributed by atoms with Crippen molar-refractivity contribution in [1.82, 2.24) is 9.88 Å². The van der Waals surface area contributed by atoms with Crippen LogP contribution in [0, 0.1) is 12.8 Å². The topological polar surface area (TPSA) is 63.7 Å². The number of carbonyl (C=O) groups excluding carboxylic acids is 1. The number of nitrogens with one attached hydrogen (secondary N) is 1. The van der Waals surface area contributed by atoms with Crippen LogP contribution in [0.15, 0.2) is 42.5 Å². The molecule has 41 heavy (non-hydrogen) atoms. The van der Waals surface area contributed by atoms with Crippen molar-refractivity contribution < 1.29 is 27.4 Å². The molecule has 0 spiro atoms. The summed E-state index contributed by atoms with van der Waals surface area (Å²) in [6, 6.07) is 12.0. The highest BCUT2D eigenvalue weighted by atomic mass is 31.0. The van der Waals surface area contributed by atoms with Crippen molar-refractivity contribution in [2.45, 2.75) is 76.5 Å². The number of benzene rings is 2. The van der Waals surface area contributed by atoms with Gasteiger partial charge in [0.25, 0.3) is 11.8 Å². The molecular weight excluding hydrogens is 550 g/mol. The van der Waals surface area contributed by atoms with Crippen molar-refractivity contribution in [3.8, 4) is 11.5 Å². The molecule has 2 aliphatic rings. The first-order valence-electron chi connectivity index (χ1n) is 14.1. The van der Waals surface area contributed by atoms with Crippen molar-refractivity contribution in [3.63, 3.8) is 0 Å². The van der Waals surface area contributed by atoms with Crippen LogP contribution in [-0.4, -0.2) is 47.6 Å². The number of ether oxygens (including phenoxy) is 2. The number of anilines is 1. The lowest BCUT2D eigenvalue weighted by Gasteiger charge is -2.35. The number of hydrogen-bond donors (Lipinski definition) is 1. The summed E-state index contributed by atoms with van der Waals surface area (Å²) in [6.07, 6.45) is 3.73. The monoisotopic (exact) mass is 587 g/mol. The molecule has 0 aliphatic heterocycles. The summed E-state index contributed by atoms with van der Waals surface area (Å²) in [5.74, 6) is -2.07. The number of pyridine rings is 1. The van der Waals surface area contributed by atoms with Crippen molar-refractivity contribution in [3.05, 3.63) is 59.3 Å². The van der Waals surface area contributed by atoms with Gasteiger partial charge in [-0.1, -0.05) is 20.9 Å². The molecule has 6 nitrogen and oxygen atoms in total. The van der Waals surface area contributed by atoms with Gasteiger partial charge in [-0.3, -0.25) is 4.79 Å². The molecule has 2 unspecified atom stereocenters. The van der Waals surface area contributed by atoms with Gasteiger partial charge < -0.3 is 19.7 Å². The Labute approximate surface area is 241 Å². The van der Waals surface area contributed by atoms with Crippen LogP contribution in [0.1, 0.15) is 67.1 Å². The van der Waals surface area contributed by atoms with Crippen LogP contribution in [0.25, 0.3) is 10.9 Å². The fourth-order valence-electron chi connectivity index (χ4n) is 5.35. The minimum absolute atomic E-state index is 0.0292. The smallest absolute Gasteiger partial charge is 0.287 e. The Kier molecular flexibility index (Phi) is 8.65. The molecule has 2 fully saturated rings. The van der Waals surface area contributed by atoms with Crippen LogP contribution in [0.3, 0.4) is 0 Å². The maximum atomic E-state index is 14.2. The van der Waals surface area contributed by atoms with Gasteiger partial charge in [0.05, 0.1) is 12.1 Å². The molecule has 0 bridgehead atoms. The van der Waals surface area contributed by atoms with Crippen LogP contribution in [0.4, 0.5) is 18.9 Å². The van der Waals surface area contributed by atoms with Crippen molar-refractivity contribution in [2.75, 3.05) is 19.0 Å². The summed E-state index contributed by atoms with van der Waals surface area (Å²) in [6.45, 7) is 3.34. The number of aryl methyl sites for hydroxylation is 1. The first kappa shape index (κ1) is 29.4. The third-order valence-corrected chi connectivity index (χ3v) is 8.08. The van der Waals surface area contributed by atoms with Gasteiger partial charge in [-0.15, -0.1) is 0 Å². The third-order valence-electron chi connectivity index (χ3n) is 7.94. The second-order valence-corrected chi connectivity index (χ2v) is 11.9. The van der Waals surface area contributed by atoms with Crippen LogP contribution >= 0.6 is 9.24 Å². The lowest BCUT2D eigenvalue weighted by atomic mass is 9.89. The van der Waals surface area contributed by atoms with Gasteiger partial charge in [-0.2, -0.15) is 13.2 Å².